The highest BCUT2D eigenvalue weighted by Gasteiger charge is 2.10. The number of aliphatic hydroxyl groups excluding tert-OH is 1. The minimum Gasteiger partial charge on any atom is -0.394 e. The average molecular weight is 305 g/mol. The van der Waals surface area contributed by atoms with E-state index in [4.69, 9.17) is 5.11 Å². The number of carbonyl (C=O) groups excluding carboxylic acids is 1. The third-order valence-corrected chi connectivity index (χ3v) is 2.71. The summed E-state index contributed by atoms with van der Waals surface area (Å²) in [5.74, 6) is -0.142. The van der Waals surface area contributed by atoms with Crippen LogP contribution in [0.15, 0.2) is 24.3 Å². The number of aliphatic hydroxyl groups is 1. The van der Waals surface area contributed by atoms with Crippen LogP contribution in [0.1, 0.15) is 17.3 Å². The second-order valence-corrected chi connectivity index (χ2v) is 4.20. The molecule has 0 spiro atoms. The molecule has 0 aliphatic carbocycles. The number of carbonyl (C=O) groups is 1. The zero-order valence-corrected chi connectivity index (χ0v) is 9.98. The largest absolute Gasteiger partial charge is 0.394 e. The Hall–Kier alpha value is -0.620. The monoisotopic (exact) mass is 305 g/mol. The second kappa shape index (κ2) is 5.31. The first kappa shape index (κ1) is 11.5. The van der Waals surface area contributed by atoms with E-state index in [1.54, 1.807) is 13.0 Å². The summed E-state index contributed by atoms with van der Waals surface area (Å²) in [7, 11) is 0. The Morgan fingerprint density at radius 2 is 2.21 bits per heavy atom. The Morgan fingerprint density at radius 1 is 1.57 bits per heavy atom. The summed E-state index contributed by atoms with van der Waals surface area (Å²) in [5, 5.41) is 11.5. The van der Waals surface area contributed by atoms with Crippen LogP contribution in [-0.2, 0) is 0 Å². The van der Waals surface area contributed by atoms with Crippen molar-refractivity contribution in [2.24, 2.45) is 0 Å². The van der Waals surface area contributed by atoms with Crippen LogP contribution >= 0.6 is 22.6 Å². The molecule has 2 N–H and O–H groups in total. The smallest absolute Gasteiger partial charge is 0.252 e. The molecule has 0 bridgehead atoms. The van der Waals surface area contributed by atoms with E-state index in [0.717, 1.165) is 3.57 Å². The quantitative estimate of drug-likeness (QED) is 0.830. The molecule has 0 aromatic heterocycles. The molecule has 0 fully saturated rings. The van der Waals surface area contributed by atoms with Crippen molar-refractivity contribution >= 4 is 28.5 Å². The second-order valence-electron chi connectivity index (χ2n) is 3.04. The Kier molecular flexibility index (Phi) is 4.34. The first-order valence-electron chi connectivity index (χ1n) is 4.31. The maximum atomic E-state index is 11.6. The molecular formula is C10H12INO2. The van der Waals surface area contributed by atoms with Crippen molar-refractivity contribution in [3.63, 3.8) is 0 Å². The molecule has 1 aromatic rings. The van der Waals surface area contributed by atoms with Crippen LogP contribution in [0.5, 0.6) is 0 Å². The average Bonchev–Trinajstić information content (AvgIpc) is 2.18. The van der Waals surface area contributed by atoms with Gasteiger partial charge < -0.3 is 10.4 Å². The lowest BCUT2D eigenvalue weighted by Gasteiger charge is -2.11. The van der Waals surface area contributed by atoms with E-state index in [2.05, 4.69) is 27.9 Å². The number of amides is 1. The Bertz CT molecular complexity index is 328. The summed E-state index contributed by atoms with van der Waals surface area (Å²) < 4.78 is 0.910. The number of rotatable bonds is 3. The zero-order chi connectivity index (χ0) is 10.6. The van der Waals surface area contributed by atoms with Crippen LogP contribution in [0.2, 0.25) is 0 Å². The Labute approximate surface area is 96.7 Å². The maximum absolute atomic E-state index is 11.6. The number of halogens is 1. The molecule has 0 saturated carbocycles. The molecule has 0 aliphatic rings. The molecule has 0 saturated heterocycles. The SMILES string of the molecule is C[C@@H](CO)NC(=O)c1ccccc1I. The fraction of sp³-hybridized carbons (Fsp3) is 0.300. The maximum Gasteiger partial charge on any atom is 0.252 e. The van der Waals surface area contributed by atoms with Crippen LogP contribution in [0, 0.1) is 3.57 Å². The number of hydrogen-bond donors (Lipinski definition) is 2. The Balaban J connectivity index is 2.75. The summed E-state index contributed by atoms with van der Waals surface area (Å²) in [5.41, 5.74) is 0.647. The van der Waals surface area contributed by atoms with Gasteiger partial charge in [0.05, 0.1) is 12.2 Å². The van der Waals surface area contributed by atoms with Crippen molar-refractivity contribution in [1.29, 1.82) is 0 Å². The lowest BCUT2D eigenvalue weighted by Crippen LogP contribution is -2.35. The fourth-order valence-electron chi connectivity index (χ4n) is 0.993. The van der Waals surface area contributed by atoms with Gasteiger partial charge in [-0.3, -0.25) is 4.79 Å². The molecule has 1 rings (SSSR count). The summed E-state index contributed by atoms with van der Waals surface area (Å²) in [6, 6.07) is 7.13. The van der Waals surface area contributed by atoms with E-state index in [1.165, 1.54) is 0 Å². The summed E-state index contributed by atoms with van der Waals surface area (Å²) in [4.78, 5) is 11.6. The highest BCUT2D eigenvalue weighted by Crippen LogP contribution is 2.11. The van der Waals surface area contributed by atoms with Crippen molar-refractivity contribution in [2.45, 2.75) is 13.0 Å². The van der Waals surface area contributed by atoms with Gasteiger partial charge in [-0.05, 0) is 41.6 Å². The molecule has 76 valence electrons. The van der Waals surface area contributed by atoms with Gasteiger partial charge in [0.1, 0.15) is 0 Å². The van der Waals surface area contributed by atoms with Crippen LogP contribution in [0.25, 0.3) is 0 Å². The minimum atomic E-state index is -0.210. The van der Waals surface area contributed by atoms with E-state index in [1.807, 2.05) is 18.2 Å². The zero-order valence-electron chi connectivity index (χ0n) is 7.83. The predicted molar refractivity (Wildman–Crippen MR) is 63.2 cm³/mol. The first-order chi connectivity index (χ1) is 6.65. The van der Waals surface area contributed by atoms with Gasteiger partial charge in [0.25, 0.3) is 5.91 Å². The normalized spacial score (nSPS) is 12.2. The fourth-order valence-corrected chi connectivity index (χ4v) is 1.62. The standard InChI is InChI=1S/C10H12INO2/c1-7(6-13)12-10(14)8-4-2-3-5-9(8)11/h2-5,7,13H,6H2,1H3,(H,12,14)/t7-/m0/s1. The highest BCUT2D eigenvalue weighted by molar-refractivity contribution is 14.1. The van der Waals surface area contributed by atoms with Gasteiger partial charge in [0, 0.05) is 9.61 Å². The molecule has 0 radical (unpaired) electrons. The third-order valence-electron chi connectivity index (χ3n) is 1.77. The summed E-state index contributed by atoms with van der Waals surface area (Å²) in [6.07, 6.45) is 0. The number of nitrogens with one attached hydrogen (secondary N) is 1. The van der Waals surface area contributed by atoms with Crippen LogP contribution in [-0.4, -0.2) is 23.7 Å². The van der Waals surface area contributed by atoms with E-state index >= 15 is 0 Å². The number of benzene rings is 1. The Morgan fingerprint density at radius 3 is 2.79 bits per heavy atom. The van der Waals surface area contributed by atoms with E-state index < -0.39 is 0 Å². The molecule has 1 atom stereocenters. The van der Waals surface area contributed by atoms with Crippen molar-refractivity contribution in [2.75, 3.05) is 6.61 Å². The van der Waals surface area contributed by atoms with Crippen LogP contribution in [0.4, 0.5) is 0 Å². The van der Waals surface area contributed by atoms with Gasteiger partial charge in [-0.2, -0.15) is 0 Å². The highest BCUT2D eigenvalue weighted by atomic mass is 127. The van der Waals surface area contributed by atoms with Gasteiger partial charge in [-0.1, -0.05) is 12.1 Å². The molecule has 14 heavy (non-hydrogen) atoms. The molecular weight excluding hydrogens is 293 g/mol. The summed E-state index contributed by atoms with van der Waals surface area (Å²) in [6.45, 7) is 1.71. The number of hydrogen-bond acceptors (Lipinski definition) is 2. The van der Waals surface area contributed by atoms with Crippen molar-refractivity contribution in [3.8, 4) is 0 Å². The molecule has 1 amide bonds. The van der Waals surface area contributed by atoms with Gasteiger partial charge in [0.15, 0.2) is 0 Å². The summed E-state index contributed by atoms with van der Waals surface area (Å²) >= 11 is 2.11. The van der Waals surface area contributed by atoms with E-state index in [-0.39, 0.29) is 18.6 Å². The van der Waals surface area contributed by atoms with Gasteiger partial charge in [0.2, 0.25) is 0 Å². The molecule has 4 heteroatoms. The van der Waals surface area contributed by atoms with Crippen molar-refractivity contribution in [3.05, 3.63) is 33.4 Å². The first-order valence-corrected chi connectivity index (χ1v) is 5.39. The lowest BCUT2D eigenvalue weighted by molar-refractivity contribution is 0.0921. The lowest BCUT2D eigenvalue weighted by atomic mass is 10.2. The van der Waals surface area contributed by atoms with Gasteiger partial charge in [-0.25, -0.2) is 0 Å². The third kappa shape index (κ3) is 2.95. The van der Waals surface area contributed by atoms with E-state index in [9.17, 15) is 4.79 Å². The van der Waals surface area contributed by atoms with Crippen LogP contribution in [0.3, 0.4) is 0 Å². The topological polar surface area (TPSA) is 49.3 Å². The van der Waals surface area contributed by atoms with Gasteiger partial charge in [-0.15, -0.1) is 0 Å². The van der Waals surface area contributed by atoms with Crippen molar-refractivity contribution in [1.82, 2.24) is 5.32 Å². The molecule has 1 aromatic carbocycles. The molecule has 0 unspecified atom stereocenters. The minimum absolute atomic E-state index is 0.0465. The van der Waals surface area contributed by atoms with Gasteiger partial charge >= 0.3 is 0 Å². The molecule has 0 aliphatic heterocycles. The van der Waals surface area contributed by atoms with E-state index in [0.29, 0.717) is 5.56 Å². The van der Waals surface area contributed by atoms with Crippen molar-refractivity contribution < 1.29 is 9.90 Å². The predicted octanol–water partition coefficient (Wildman–Crippen LogP) is 1.40. The molecule has 3 nitrogen and oxygen atoms in total. The molecule has 0 heterocycles. The van der Waals surface area contributed by atoms with Crippen LogP contribution < -0.4 is 5.32 Å².